The van der Waals surface area contributed by atoms with Gasteiger partial charge in [-0.2, -0.15) is 0 Å². The first kappa shape index (κ1) is 19.2. The summed E-state index contributed by atoms with van der Waals surface area (Å²) < 4.78 is 5.91. The minimum absolute atomic E-state index is 0.163. The highest BCUT2D eigenvalue weighted by atomic mass is 16.3. The van der Waals surface area contributed by atoms with E-state index in [9.17, 15) is 4.79 Å². The predicted molar refractivity (Wildman–Crippen MR) is 110 cm³/mol. The first-order chi connectivity index (χ1) is 12.8. The van der Waals surface area contributed by atoms with Gasteiger partial charge in [-0.1, -0.05) is 61.9 Å². The Bertz CT molecular complexity index is 954. The van der Waals surface area contributed by atoms with Crippen LogP contribution in [0.25, 0.3) is 11.0 Å². The van der Waals surface area contributed by atoms with Crippen molar-refractivity contribution in [2.75, 3.05) is 20.6 Å². The minimum Gasteiger partial charge on any atom is -0.451 e. The highest BCUT2D eigenvalue weighted by molar-refractivity contribution is 5.99. The molecule has 0 radical (unpaired) electrons. The molecule has 0 spiro atoms. The fourth-order valence-electron chi connectivity index (χ4n) is 3.31. The number of carbonyl (C=O) groups excluding carboxylic acids is 1. The third-order valence-corrected chi connectivity index (χ3v) is 4.87. The average Bonchev–Trinajstić information content (AvgIpc) is 2.98. The Morgan fingerprint density at radius 1 is 1.11 bits per heavy atom. The first-order valence-electron chi connectivity index (χ1n) is 9.28. The Morgan fingerprint density at radius 3 is 2.56 bits per heavy atom. The zero-order valence-corrected chi connectivity index (χ0v) is 16.8. The van der Waals surface area contributed by atoms with E-state index in [0.717, 1.165) is 16.5 Å². The second-order valence-electron chi connectivity index (χ2n) is 8.08. The molecule has 3 aromatic rings. The molecule has 27 heavy (non-hydrogen) atoms. The number of fused-ring (bicyclic) bond motifs is 1. The highest BCUT2D eigenvalue weighted by Crippen LogP contribution is 2.28. The van der Waals surface area contributed by atoms with E-state index in [1.54, 1.807) is 0 Å². The van der Waals surface area contributed by atoms with Crippen molar-refractivity contribution in [3.63, 3.8) is 0 Å². The second-order valence-corrected chi connectivity index (χ2v) is 8.08. The Labute approximate surface area is 161 Å². The number of rotatable bonds is 6. The number of hydrogen-bond acceptors (Lipinski definition) is 3. The fraction of sp³-hybridized carbons (Fsp3) is 0.348. The topological polar surface area (TPSA) is 45.5 Å². The van der Waals surface area contributed by atoms with Crippen LogP contribution in [0.2, 0.25) is 0 Å². The van der Waals surface area contributed by atoms with E-state index in [0.29, 0.717) is 18.8 Å². The van der Waals surface area contributed by atoms with Gasteiger partial charge in [0.15, 0.2) is 5.76 Å². The molecule has 1 N–H and O–H groups in total. The maximum atomic E-state index is 12.9. The molecule has 4 heteroatoms. The van der Waals surface area contributed by atoms with Gasteiger partial charge in [0.05, 0.1) is 0 Å². The summed E-state index contributed by atoms with van der Waals surface area (Å²) in [5.41, 5.74) is 3.94. The quantitative estimate of drug-likeness (QED) is 0.700. The van der Waals surface area contributed by atoms with Gasteiger partial charge in [-0.25, -0.2) is 0 Å². The van der Waals surface area contributed by atoms with Crippen molar-refractivity contribution in [1.29, 1.82) is 0 Å². The van der Waals surface area contributed by atoms with E-state index >= 15 is 0 Å². The smallest absolute Gasteiger partial charge is 0.287 e. The molecular weight excluding hydrogens is 336 g/mol. The van der Waals surface area contributed by atoms with Crippen LogP contribution in [0.4, 0.5) is 0 Å². The van der Waals surface area contributed by atoms with Crippen LogP contribution in [0.3, 0.4) is 0 Å². The predicted octanol–water partition coefficient (Wildman–Crippen LogP) is 4.51. The number of nitrogens with one attached hydrogen (secondary N) is 1. The van der Waals surface area contributed by atoms with Crippen LogP contribution in [0.15, 0.2) is 52.9 Å². The summed E-state index contributed by atoms with van der Waals surface area (Å²) in [5, 5.41) is 4.08. The lowest BCUT2D eigenvalue weighted by Gasteiger charge is -2.26. The third-order valence-electron chi connectivity index (χ3n) is 4.87. The van der Waals surface area contributed by atoms with E-state index in [4.69, 9.17) is 4.42 Å². The van der Waals surface area contributed by atoms with Crippen LogP contribution in [-0.2, 0) is 12.0 Å². The molecule has 0 unspecified atom stereocenters. The van der Waals surface area contributed by atoms with Crippen LogP contribution in [0.1, 0.15) is 41.1 Å². The second kappa shape index (κ2) is 7.57. The lowest BCUT2D eigenvalue weighted by Crippen LogP contribution is -2.37. The normalized spacial score (nSPS) is 11.9. The van der Waals surface area contributed by atoms with Crippen molar-refractivity contribution >= 4 is 16.9 Å². The van der Waals surface area contributed by atoms with Gasteiger partial charge in [0, 0.05) is 29.5 Å². The summed E-state index contributed by atoms with van der Waals surface area (Å²) in [5.74, 6) is 0.244. The Balaban J connectivity index is 1.84. The minimum atomic E-state index is -0.171. The number of hydrogen-bond donors (Lipinski definition) is 1. The summed E-state index contributed by atoms with van der Waals surface area (Å²) in [4.78, 5) is 15.0. The van der Waals surface area contributed by atoms with Gasteiger partial charge in [0.25, 0.3) is 5.91 Å². The van der Waals surface area contributed by atoms with Crippen LogP contribution in [0.5, 0.6) is 0 Å². The van der Waals surface area contributed by atoms with Gasteiger partial charge in [-0.3, -0.25) is 4.79 Å². The molecule has 0 aliphatic heterocycles. The standard InChI is InChI=1S/C23H28N2O2/c1-16-9-8-10-17(13-16)23(2,3)15-24-22(26)21-19(14-25(4)5)18-11-6-7-12-20(18)27-21/h6-13H,14-15H2,1-5H3,(H,24,26). The molecule has 1 aromatic heterocycles. The van der Waals surface area contributed by atoms with E-state index < -0.39 is 0 Å². The Kier molecular flexibility index (Phi) is 5.38. The summed E-state index contributed by atoms with van der Waals surface area (Å²) in [6, 6.07) is 16.2. The molecule has 0 saturated heterocycles. The molecular formula is C23H28N2O2. The van der Waals surface area contributed by atoms with Gasteiger partial charge in [0.1, 0.15) is 5.58 Å². The molecule has 1 amide bonds. The SMILES string of the molecule is Cc1cccc(C(C)(C)CNC(=O)c2oc3ccccc3c2CN(C)C)c1. The molecule has 1 heterocycles. The van der Waals surface area contributed by atoms with Crippen LogP contribution in [0, 0.1) is 6.92 Å². The van der Waals surface area contributed by atoms with E-state index in [1.165, 1.54) is 11.1 Å². The maximum Gasteiger partial charge on any atom is 0.287 e. The summed E-state index contributed by atoms with van der Waals surface area (Å²) in [7, 11) is 3.98. The number of nitrogens with zero attached hydrogens (tertiary/aromatic N) is 1. The summed E-state index contributed by atoms with van der Waals surface area (Å²) >= 11 is 0. The number of amides is 1. The van der Waals surface area contributed by atoms with Crippen molar-refractivity contribution in [2.24, 2.45) is 0 Å². The highest BCUT2D eigenvalue weighted by Gasteiger charge is 2.25. The number of furan rings is 1. The molecule has 0 aliphatic rings. The van der Waals surface area contributed by atoms with Crippen molar-refractivity contribution < 1.29 is 9.21 Å². The lowest BCUT2D eigenvalue weighted by molar-refractivity contribution is 0.0918. The zero-order chi connectivity index (χ0) is 19.6. The van der Waals surface area contributed by atoms with Gasteiger partial charge in [0.2, 0.25) is 0 Å². The third kappa shape index (κ3) is 4.22. The van der Waals surface area contributed by atoms with Crippen molar-refractivity contribution in [2.45, 2.75) is 32.7 Å². The molecule has 0 atom stereocenters. The van der Waals surface area contributed by atoms with Crippen LogP contribution in [-0.4, -0.2) is 31.4 Å². The van der Waals surface area contributed by atoms with Crippen molar-refractivity contribution in [1.82, 2.24) is 10.2 Å². The van der Waals surface area contributed by atoms with Gasteiger partial charge in [-0.15, -0.1) is 0 Å². The number of para-hydroxylation sites is 1. The van der Waals surface area contributed by atoms with E-state index in [2.05, 4.69) is 50.4 Å². The van der Waals surface area contributed by atoms with E-state index in [1.807, 2.05) is 43.3 Å². The number of carbonyl (C=O) groups is 1. The number of benzene rings is 2. The van der Waals surface area contributed by atoms with Gasteiger partial charge >= 0.3 is 0 Å². The molecule has 0 saturated carbocycles. The summed E-state index contributed by atoms with van der Waals surface area (Å²) in [6.07, 6.45) is 0. The van der Waals surface area contributed by atoms with Crippen molar-refractivity contribution in [3.05, 3.63) is 71.0 Å². The molecule has 0 fully saturated rings. The molecule has 4 nitrogen and oxygen atoms in total. The zero-order valence-electron chi connectivity index (χ0n) is 16.8. The number of aryl methyl sites for hydroxylation is 1. The molecule has 3 rings (SSSR count). The van der Waals surface area contributed by atoms with Crippen LogP contribution < -0.4 is 5.32 Å². The maximum absolute atomic E-state index is 12.9. The summed E-state index contributed by atoms with van der Waals surface area (Å²) in [6.45, 7) is 7.55. The van der Waals surface area contributed by atoms with Gasteiger partial charge in [-0.05, 0) is 32.6 Å². The molecule has 0 aliphatic carbocycles. The first-order valence-corrected chi connectivity index (χ1v) is 9.28. The molecule has 2 aromatic carbocycles. The lowest BCUT2D eigenvalue weighted by atomic mass is 9.84. The fourth-order valence-corrected chi connectivity index (χ4v) is 3.31. The van der Waals surface area contributed by atoms with Gasteiger partial charge < -0.3 is 14.6 Å². The Morgan fingerprint density at radius 2 is 1.85 bits per heavy atom. The van der Waals surface area contributed by atoms with Crippen molar-refractivity contribution in [3.8, 4) is 0 Å². The largest absolute Gasteiger partial charge is 0.451 e. The average molecular weight is 364 g/mol. The Hall–Kier alpha value is -2.59. The van der Waals surface area contributed by atoms with Crippen LogP contribution >= 0.6 is 0 Å². The van der Waals surface area contributed by atoms with E-state index in [-0.39, 0.29) is 11.3 Å². The molecule has 142 valence electrons. The monoisotopic (exact) mass is 364 g/mol. The molecule has 0 bridgehead atoms.